The van der Waals surface area contributed by atoms with Crippen LogP contribution >= 0.6 is 0 Å². The highest BCUT2D eigenvalue weighted by Crippen LogP contribution is 2.21. The monoisotopic (exact) mass is 250 g/mol. The molecule has 0 spiro atoms. The van der Waals surface area contributed by atoms with E-state index in [-0.39, 0.29) is 0 Å². The van der Waals surface area contributed by atoms with Crippen molar-refractivity contribution in [3.8, 4) is 0 Å². The van der Waals surface area contributed by atoms with Crippen LogP contribution in [0.4, 0.5) is 0 Å². The Labute approximate surface area is 110 Å². The maximum Gasteiger partial charge on any atom is 0.0534 e. The predicted molar refractivity (Wildman–Crippen MR) is 74.3 cm³/mol. The van der Waals surface area contributed by atoms with Gasteiger partial charge in [0.05, 0.1) is 6.20 Å². The van der Waals surface area contributed by atoms with Crippen LogP contribution in [0, 0.1) is 5.92 Å². The summed E-state index contributed by atoms with van der Waals surface area (Å²) in [5, 5.41) is 7.87. The van der Waals surface area contributed by atoms with Gasteiger partial charge in [0.15, 0.2) is 0 Å². The summed E-state index contributed by atoms with van der Waals surface area (Å²) in [6.45, 7) is 9.05. The fraction of sp³-hybridized carbons (Fsp3) is 0.786. The van der Waals surface area contributed by atoms with Gasteiger partial charge in [-0.3, -0.25) is 9.58 Å². The molecule has 2 heterocycles. The molecule has 0 amide bonds. The highest BCUT2D eigenvalue weighted by molar-refractivity contribution is 5.04. The number of rotatable bonds is 5. The molecule has 2 atom stereocenters. The molecule has 2 rings (SSSR count). The molecule has 1 aromatic rings. The minimum absolute atomic E-state index is 0.713. The molecule has 0 radical (unpaired) electrons. The quantitative estimate of drug-likeness (QED) is 0.862. The first-order chi connectivity index (χ1) is 8.72. The molecular weight excluding hydrogens is 224 g/mol. The van der Waals surface area contributed by atoms with E-state index in [1.807, 2.05) is 17.9 Å². The van der Waals surface area contributed by atoms with E-state index in [4.69, 9.17) is 0 Å². The molecule has 0 aliphatic carbocycles. The molecule has 1 N–H and O–H groups in total. The van der Waals surface area contributed by atoms with Crippen molar-refractivity contribution in [2.24, 2.45) is 13.0 Å². The van der Waals surface area contributed by atoms with Gasteiger partial charge in [-0.05, 0) is 25.4 Å². The van der Waals surface area contributed by atoms with E-state index in [0.29, 0.717) is 6.04 Å². The van der Waals surface area contributed by atoms with Crippen molar-refractivity contribution < 1.29 is 0 Å². The molecule has 4 nitrogen and oxygen atoms in total. The standard InChI is InChI=1S/C14H26N4/c1-4-13-11-18(7-6-14(13)15-5-2)10-12-8-16-17(3)9-12/h8-9,13-15H,4-7,10-11H2,1-3H3. The summed E-state index contributed by atoms with van der Waals surface area (Å²) in [5.41, 5.74) is 1.33. The van der Waals surface area contributed by atoms with Crippen molar-refractivity contribution in [3.05, 3.63) is 18.0 Å². The van der Waals surface area contributed by atoms with Crippen LogP contribution in [0.15, 0.2) is 12.4 Å². The number of hydrogen-bond donors (Lipinski definition) is 1. The molecule has 1 aliphatic heterocycles. The largest absolute Gasteiger partial charge is 0.314 e. The zero-order valence-corrected chi connectivity index (χ0v) is 11.9. The number of nitrogens with one attached hydrogen (secondary N) is 1. The Balaban J connectivity index is 1.89. The molecule has 1 aliphatic rings. The third-order valence-electron chi connectivity index (χ3n) is 3.97. The second-order valence-corrected chi connectivity index (χ2v) is 5.38. The molecule has 0 saturated carbocycles. The van der Waals surface area contributed by atoms with E-state index in [0.717, 1.165) is 19.0 Å². The molecule has 0 aromatic carbocycles. The van der Waals surface area contributed by atoms with Crippen LogP contribution in [-0.4, -0.2) is 40.4 Å². The van der Waals surface area contributed by atoms with Gasteiger partial charge in [-0.15, -0.1) is 0 Å². The lowest BCUT2D eigenvalue weighted by molar-refractivity contribution is 0.129. The van der Waals surface area contributed by atoms with Crippen LogP contribution in [0.25, 0.3) is 0 Å². The molecule has 0 bridgehead atoms. The lowest BCUT2D eigenvalue weighted by atomic mass is 9.89. The molecule has 2 unspecified atom stereocenters. The van der Waals surface area contributed by atoms with Crippen molar-refractivity contribution in [1.29, 1.82) is 0 Å². The Morgan fingerprint density at radius 3 is 2.89 bits per heavy atom. The maximum absolute atomic E-state index is 4.24. The third kappa shape index (κ3) is 3.33. The molecule has 102 valence electrons. The van der Waals surface area contributed by atoms with E-state index in [1.165, 1.54) is 31.5 Å². The van der Waals surface area contributed by atoms with Crippen molar-refractivity contribution >= 4 is 0 Å². The highest BCUT2D eigenvalue weighted by atomic mass is 15.2. The van der Waals surface area contributed by atoms with Crippen LogP contribution in [0.1, 0.15) is 32.3 Å². The summed E-state index contributed by atoms with van der Waals surface area (Å²) in [6.07, 6.45) is 6.64. The van der Waals surface area contributed by atoms with E-state index in [1.54, 1.807) is 0 Å². The van der Waals surface area contributed by atoms with Gasteiger partial charge in [0.1, 0.15) is 0 Å². The third-order valence-corrected chi connectivity index (χ3v) is 3.97. The topological polar surface area (TPSA) is 33.1 Å². The van der Waals surface area contributed by atoms with Crippen LogP contribution in [-0.2, 0) is 13.6 Å². The highest BCUT2D eigenvalue weighted by Gasteiger charge is 2.27. The summed E-state index contributed by atoms with van der Waals surface area (Å²) in [6, 6.07) is 0.713. The van der Waals surface area contributed by atoms with E-state index in [9.17, 15) is 0 Å². The normalized spacial score (nSPS) is 25.5. The SMILES string of the molecule is CCNC1CCN(Cc2cnn(C)c2)CC1CC. The Hall–Kier alpha value is -0.870. The van der Waals surface area contributed by atoms with Crippen molar-refractivity contribution in [3.63, 3.8) is 0 Å². The number of aryl methyl sites for hydroxylation is 1. The van der Waals surface area contributed by atoms with Crippen LogP contribution in [0.3, 0.4) is 0 Å². The summed E-state index contributed by atoms with van der Waals surface area (Å²) in [7, 11) is 1.98. The number of nitrogens with zero attached hydrogens (tertiary/aromatic N) is 3. The summed E-state index contributed by atoms with van der Waals surface area (Å²) in [4.78, 5) is 2.57. The van der Waals surface area contributed by atoms with E-state index < -0.39 is 0 Å². The van der Waals surface area contributed by atoms with Gasteiger partial charge >= 0.3 is 0 Å². The summed E-state index contributed by atoms with van der Waals surface area (Å²) < 4.78 is 1.89. The fourth-order valence-corrected chi connectivity index (χ4v) is 3.01. The molecule has 1 fully saturated rings. The van der Waals surface area contributed by atoms with Gasteiger partial charge in [0.2, 0.25) is 0 Å². The molecule has 18 heavy (non-hydrogen) atoms. The number of aromatic nitrogens is 2. The van der Waals surface area contributed by atoms with Crippen LogP contribution in [0.5, 0.6) is 0 Å². The van der Waals surface area contributed by atoms with Gasteiger partial charge < -0.3 is 5.32 Å². The van der Waals surface area contributed by atoms with E-state index >= 15 is 0 Å². The molecule has 4 heteroatoms. The Morgan fingerprint density at radius 2 is 2.28 bits per heavy atom. The predicted octanol–water partition coefficient (Wildman–Crippen LogP) is 1.63. The zero-order chi connectivity index (χ0) is 13.0. The first-order valence-electron chi connectivity index (χ1n) is 7.16. The zero-order valence-electron chi connectivity index (χ0n) is 11.9. The van der Waals surface area contributed by atoms with Gasteiger partial charge in [-0.1, -0.05) is 20.3 Å². The first-order valence-corrected chi connectivity index (χ1v) is 7.16. The second-order valence-electron chi connectivity index (χ2n) is 5.38. The number of hydrogen-bond acceptors (Lipinski definition) is 3. The van der Waals surface area contributed by atoms with Crippen LogP contribution in [0.2, 0.25) is 0 Å². The lowest BCUT2D eigenvalue weighted by Gasteiger charge is -2.38. The minimum atomic E-state index is 0.713. The van der Waals surface area contributed by atoms with E-state index in [2.05, 4.69) is 35.4 Å². The minimum Gasteiger partial charge on any atom is -0.314 e. The Morgan fingerprint density at radius 1 is 1.44 bits per heavy atom. The molecule has 1 aromatic heterocycles. The average Bonchev–Trinajstić information content (AvgIpc) is 2.77. The summed E-state index contributed by atoms with van der Waals surface area (Å²) >= 11 is 0. The number of likely N-dealkylation sites (tertiary alicyclic amines) is 1. The van der Waals surface area contributed by atoms with Gasteiger partial charge in [-0.25, -0.2) is 0 Å². The second kappa shape index (κ2) is 6.34. The van der Waals surface area contributed by atoms with Crippen LogP contribution < -0.4 is 5.32 Å². The average molecular weight is 250 g/mol. The Bertz CT molecular complexity index is 360. The number of piperidine rings is 1. The maximum atomic E-state index is 4.24. The summed E-state index contributed by atoms with van der Waals surface area (Å²) in [5.74, 6) is 0.787. The van der Waals surface area contributed by atoms with Gasteiger partial charge in [-0.2, -0.15) is 5.10 Å². The molecule has 1 saturated heterocycles. The first kappa shape index (κ1) is 13.6. The molecular formula is C14H26N4. The Kier molecular flexibility index (Phi) is 4.78. The lowest BCUT2D eigenvalue weighted by Crippen LogP contribution is -2.48. The van der Waals surface area contributed by atoms with Crippen molar-refractivity contribution in [1.82, 2.24) is 20.0 Å². The van der Waals surface area contributed by atoms with Crippen molar-refractivity contribution in [2.75, 3.05) is 19.6 Å². The van der Waals surface area contributed by atoms with Gasteiger partial charge in [0.25, 0.3) is 0 Å². The fourth-order valence-electron chi connectivity index (χ4n) is 3.01. The van der Waals surface area contributed by atoms with Gasteiger partial charge in [0, 0.05) is 37.9 Å². The smallest absolute Gasteiger partial charge is 0.0534 e. The van der Waals surface area contributed by atoms with Crippen molar-refractivity contribution in [2.45, 2.75) is 39.3 Å².